The quantitative estimate of drug-likeness (QED) is 0.183. The maximum Gasteiger partial charge on any atom is 0.247 e. The van der Waals surface area contributed by atoms with E-state index in [1.165, 1.54) is 0 Å². The molecule has 1 atom stereocenters. The summed E-state index contributed by atoms with van der Waals surface area (Å²) < 4.78 is 13.7. The highest BCUT2D eigenvalue weighted by Gasteiger charge is 2.28. The molecule has 35 heavy (non-hydrogen) atoms. The Balaban J connectivity index is 1.50. The van der Waals surface area contributed by atoms with Crippen LogP contribution in [0.5, 0.6) is 11.6 Å². The molecular formula is C27H25BrN4O2S. The summed E-state index contributed by atoms with van der Waals surface area (Å²) in [5, 5.41) is 13.0. The minimum atomic E-state index is -0.536. The number of rotatable bonds is 8. The van der Waals surface area contributed by atoms with Gasteiger partial charge in [0.05, 0.1) is 5.56 Å². The first kappa shape index (κ1) is 23.6. The van der Waals surface area contributed by atoms with Crippen LogP contribution in [-0.2, 0) is 6.61 Å². The molecule has 0 radical (unpaired) electrons. The van der Waals surface area contributed by atoms with E-state index in [9.17, 15) is 0 Å². The summed E-state index contributed by atoms with van der Waals surface area (Å²) in [7, 11) is 0. The van der Waals surface area contributed by atoms with E-state index in [0.717, 1.165) is 51.2 Å². The van der Waals surface area contributed by atoms with Gasteiger partial charge < -0.3 is 14.8 Å². The van der Waals surface area contributed by atoms with E-state index in [2.05, 4.69) is 38.4 Å². The predicted octanol–water partition coefficient (Wildman–Crippen LogP) is 7.28. The number of benzene rings is 3. The number of hydrogen-bond acceptors (Lipinski definition) is 7. The number of nitrogens with one attached hydrogen (secondary N) is 1. The lowest BCUT2D eigenvalue weighted by Crippen LogP contribution is -2.18. The first-order chi connectivity index (χ1) is 17.2. The molecule has 5 rings (SSSR count). The maximum atomic E-state index is 6.48. The van der Waals surface area contributed by atoms with Crippen molar-refractivity contribution in [3.05, 3.63) is 88.4 Å². The first-order valence-corrected chi connectivity index (χ1v) is 13.4. The molecule has 0 amide bonds. The van der Waals surface area contributed by atoms with Gasteiger partial charge in [-0.15, -0.1) is 10.2 Å². The van der Waals surface area contributed by atoms with Gasteiger partial charge in [-0.25, -0.2) is 0 Å². The Labute approximate surface area is 217 Å². The monoisotopic (exact) mass is 548 g/mol. The van der Waals surface area contributed by atoms with Gasteiger partial charge in [0, 0.05) is 21.5 Å². The Bertz CT molecular complexity index is 1310. The van der Waals surface area contributed by atoms with Crippen LogP contribution >= 0.6 is 27.7 Å². The zero-order valence-corrected chi connectivity index (χ0v) is 21.7. The van der Waals surface area contributed by atoms with Crippen LogP contribution in [0.1, 0.15) is 37.1 Å². The van der Waals surface area contributed by atoms with Crippen LogP contribution in [0, 0.1) is 0 Å². The lowest BCUT2D eigenvalue weighted by Gasteiger charge is -2.22. The largest absolute Gasteiger partial charge is 0.488 e. The summed E-state index contributed by atoms with van der Waals surface area (Å²) in [5.41, 5.74) is 4.37. The summed E-state index contributed by atoms with van der Waals surface area (Å²) >= 11 is 5.21. The molecule has 3 aromatic carbocycles. The second-order valence-electron chi connectivity index (χ2n) is 8.09. The van der Waals surface area contributed by atoms with Crippen molar-refractivity contribution < 1.29 is 9.47 Å². The van der Waals surface area contributed by atoms with Crippen molar-refractivity contribution in [1.29, 1.82) is 0 Å². The molecule has 0 saturated carbocycles. The fraction of sp³-hybridized carbons (Fsp3) is 0.222. The lowest BCUT2D eigenvalue weighted by molar-refractivity contribution is 0.214. The van der Waals surface area contributed by atoms with Gasteiger partial charge in [-0.3, -0.25) is 0 Å². The summed E-state index contributed by atoms with van der Waals surface area (Å²) in [6.07, 6.45) is 1.68. The van der Waals surface area contributed by atoms with Gasteiger partial charge in [-0.1, -0.05) is 89.6 Å². The molecule has 8 heteroatoms. The number of halogens is 1. The van der Waals surface area contributed by atoms with Crippen LogP contribution < -0.4 is 14.8 Å². The first-order valence-electron chi connectivity index (χ1n) is 11.6. The minimum absolute atomic E-state index is 0.454. The predicted molar refractivity (Wildman–Crippen MR) is 143 cm³/mol. The van der Waals surface area contributed by atoms with Crippen LogP contribution in [0.4, 0.5) is 5.69 Å². The van der Waals surface area contributed by atoms with Gasteiger partial charge in [-0.2, -0.15) is 4.98 Å². The zero-order valence-electron chi connectivity index (χ0n) is 19.3. The van der Waals surface area contributed by atoms with Crippen LogP contribution in [0.15, 0.2) is 82.4 Å². The number of ether oxygens (including phenoxy) is 2. The van der Waals surface area contributed by atoms with E-state index in [1.54, 1.807) is 11.8 Å². The van der Waals surface area contributed by atoms with Gasteiger partial charge in [0.1, 0.15) is 12.4 Å². The summed E-state index contributed by atoms with van der Waals surface area (Å²) in [5.74, 6) is 2.13. The van der Waals surface area contributed by atoms with Gasteiger partial charge >= 0.3 is 0 Å². The Morgan fingerprint density at radius 2 is 1.86 bits per heavy atom. The van der Waals surface area contributed by atoms with Crippen molar-refractivity contribution in [2.75, 3.05) is 11.1 Å². The molecule has 0 fully saturated rings. The second kappa shape index (κ2) is 11.1. The molecule has 4 aromatic rings. The third kappa shape index (κ3) is 5.60. The molecule has 1 aliphatic rings. The average Bonchev–Trinajstić information content (AvgIpc) is 3.05. The Kier molecular flexibility index (Phi) is 7.49. The number of hydrogen-bond donors (Lipinski definition) is 1. The lowest BCUT2D eigenvalue weighted by atomic mass is 10.1. The molecule has 0 bridgehead atoms. The van der Waals surface area contributed by atoms with Crippen LogP contribution in [0.2, 0.25) is 0 Å². The molecule has 1 N–H and O–H groups in total. The van der Waals surface area contributed by atoms with Gasteiger partial charge in [-0.05, 0) is 36.2 Å². The summed E-state index contributed by atoms with van der Waals surface area (Å²) in [4.78, 5) is 4.74. The van der Waals surface area contributed by atoms with E-state index >= 15 is 0 Å². The Morgan fingerprint density at radius 1 is 1.03 bits per heavy atom. The number of nitrogens with zero attached hydrogens (tertiary/aromatic N) is 3. The molecule has 0 aliphatic carbocycles. The fourth-order valence-electron chi connectivity index (χ4n) is 3.75. The zero-order chi connectivity index (χ0) is 24.0. The highest BCUT2D eigenvalue weighted by molar-refractivity contribution is 9.10. The molecule has 0 spiro atoms. The van der Waals surface area contributed by atoms with Crippen molar-refractivity contribution in [3.8, 4) is 22.9 Å². The van der Waals surface area contributed by atoms with Gasteiger partial charge in [0.15, 0.2) is 5.69 Å². The number of anilines is 1. The number of thioether (sulfide) groups is 1. The Hall–Kier alpha value is -3.10. The van der Waals surface area contributed by atoms with E-state index in [4.69, 9.17) is 14.5 Å². The molecule has 2 heterocycles. The van der Waals surface area contributed by atoms with Crippen molar-refractivity contribution >= 4 is 33.4 Å². The van der Waals surface area contributed by atoms with E-state index in [1.807, 2.05) is 72.8 Å². The molecule has 0 saturated heterocycles. The molecule has 0 unspecified atom stereocenters. The van der Waals surface area contributed by atoms with Crippen molar-refractivity contribution in [2.45, 2.75) is 37.8 Å². The number of fused-ring (bicyclic) bond motifs is 3. The van der Waals surface area contributed by atoms with Crippen LogP contribution in [0.25, 0.3) is 11.3 Å². The van der Waals surface area contributed by atoms with Crippen LogP contribution in [-0.4, -0.2) is 20.9 Å². The summed E-state index contributed by atoms with van der Waals surface area (Å²) in [6.45, 7) is 2.62. The topological polar surface area (TPSA) is 69.2 Å². The van der Waals surface area contributed by atoms with Crippen molar-refractivity contribution in [2.24, 2.45) is 0 Å². The number of aromatic nitrogens is 3. The van der Waals surface area contributed by atoms with Crippen LogP contribution in [0.3, 0.4) is 0 Å². The third-order valence-corrected chi connectivity index (χ3v) is 6.97. The van der Waals surface area contributed by atoms with Crippen molar-refractivity contribution in [1.82, 2.24) is 15.2 Å². The molecule has 1 aliphatic heterocycles. The highest BCUT2D eigenvalue weighted by Crippen LogP contribution is 2.41. The SMILES string of the molecule is CCCCSc1nnc2c(n1)O[C@H](c1cc(Br)ccc1OCc1ccccc1)Nc1ccccc1-2. The van der Waals surface area contributed by atoms with Gasteiger partial charge in [0.25, 0.3) is 0 Å². The molecular weight excluding hydrogens is 524 g/mol. The normalized spacial score (nSPS) is 14.2. The minimum Gasteiger partial charge on any atom is -0.488 e. The number of para-hydroxylation sites is 1. The highest BCUT2D eigenvalue weighted by atomic mass is 79.9. The Morgan fingerprint density at radius 3 is 2.71 bits per heavy atom. The maximum absolute atomic E-state index is 6.48. The standard InChI is InChI=1S/C27H25BrN4O2S/c1-2-3-15-35-27-30-26-24(31-32-27)20-11-7-8-12-22(20)29-25(34-26)21-16-19(28)13-14-23(21)33-17-18-9-5-4-6-10-18/h4-14,16,25,29H,2-3,15,17H2,1H3/t25-/m1/s1. The third-order valence-electron chi connectivity index (χ3n) is 5.55. The summed E-state index contributed by atoms with van der Waals surface area (Å²) in [6, 6.07) is 24.0. The van der Waals surface area contributed by atoms with E-state index in [-0.39, 0.29) is 0 Å². The van der Waals surface area contributed by atoms with Gasteiger partial charge in [0.2, 0.25) is 17.3 Å². The van der Waals surface area contributed by atoms with Crippen molar-refractivity contribution in [3.63, 3.8) is 0 Å². The average molecular weight is 549 g/mol. The molecule has 6 nitrogen and oxygen atoms in total. The molecule has 178 valence electrons. The number of unbranched alkanes of at least 4 members (excludes halogenated alkanes) is 1. The smallest absolute Gasteiger partial charge is 0.247 e. The fourth-order valence-corrected chi connectivity index (χ4v) is 4.99. The van der Waals surface area contributed by atoms with E-state index in [0.29, 0.717) is 23.3 Å². The molecule has 1 aromatic heterocycles. The van der Waals surface area contributed by atoms with E-state index < -0.39 is 6.23 Å². The second-order valence-corrected chi connectivity index (χ2v) is 10.1.